The van der Waals surface area contributed by atoms with Gasteiger partial charge in [-0.05, 0) is 58.4 Å². The maximum absolute atomic E-state index is 13.4. The third-order valence-electron chi connectivity index (χ3n) is 6.82. The zero-order chi connectivity index (χ0) is 27.6. The van der Waals surface area contributed by atoms with E-state index in [1.165, 1.54) is 0 Å². The van der Waals surface area contributed by atoms with Crippen LogP contribution in [0.4, 0.5) is 0 Å². The number of fused-ring (bicyclic) bond motifs is 3. The van der Waals surface area contributed by atoms with E-state index < -0.39 is 11.5 Å². The van der Waals surface area contributed by atoms with Crippen molar-refractivity contribution < 1.29 is 14.3 Å². The second-order valence-electron chi connectivity index (χ2n) is 9.67. The number of rotatable bonds is 8. The molecule has 1 unspecified atom stereocenters. The highest BCUT2D eigenvalue weighted by atomic mass is 35.5. The summed E-state index contributed by atoms with van der Waals surface area (Å²) in [6, 6.07) is 13.6. The van der Waals surface area contributed by atoms with Gasteiger partial charge < -0.3 is 15.0 Å². The molecule has 2 heterocycles. The molecule has 38 heavy (non-hydrogen) atoms. The number of nitrogens with one attached hydrogen (secondary N) is 1. The van der Waals surface area contributed by atoms with Crippen LogP contribution in [0.1, 0.15) is 63.1 Å². The Kier molecular flexibility index (Phi) is 7.87. The quantitative estimate of drug-likeness (QED) is 0.466. The third-order valence-corrected chi connectivity index (χ3v) is 7.15. The van der Waals surface area contributed by atoms with Crippen molar-refractivity contribution in [2.45, 2.75) is 52.6 Å². The number of benzene rings is 2. The van der Waals surface area contributed by atoms with E-state index in [1.807, 2.05) is 67.8 Å². The van der Waals surface area contributed by atoms with Crippen molar-refractivity contribution in [1.82, 2.24) is 25.0 Å². The second-order valence-corrected chi connectivity index (χ2v) is 10.1. The molecule has 0 bridgehead atoms. The van der Waals surface area contributed by atoms with Gasteiger partial charge in [0.05, 0.1) is 24.4 Å². The van der Waals surface area contributed by atoms with Crippen molar-refractivity contribution in [1.29, 1.82) is 0 Å². The molecule has 0 spiro atoms. The monoisotopic (exact) mass is 536 g/mol. The van der Waals surface area contributed by atoms with Crippen LogP contribution in [-0.2, 0) is 16.1 Å². The molecule has 4 rings (SSSR count). The summed E-state index contributed by atoms with van der Waals surface area (Å²) in [6.45, 7) is 10.6. The minimum Gasteiger partial charge on any atom is -0.467 e. The molecule has 2 aromatic carbocycles. The Hall–Kier alpha value is -3.72. The molecular weight excluding hydrogens is 504 g/mol. The van der Waals surface area contributed by atoms with Gasteiger partial charge in [-0.1, -0.05) is 41.0 Å². The normalized spacial score (nSPS) is 13.5. The number of carbonyl (C=O) groups is 2. The summed E-state index contributed by atoms with van der Waals surface area (Å²) in [5.41, 5.74) is 2.72. The first kappa shape index (κ1) is 27.3. The Balaban J connectivity index is 1.75. The van der Waals surface area contributed by atoms with Gasteiger partial charge in [0.15, 0.2) is 5.82 Å². The summed E-state index contributed by atoms with van der Waals surface area (Å²) in [5.74, 6) is -0.282. The predicted octanol–water partition coefficient (Wildman–Crippen LogP) is 4.15. The lowest BCUT2D eigenvalue weighted by atomic mass is 9.92. The molecular formula is C28H33ClN6O3. The average molecular weight is 537 g/mol. The van der Waals surface area contributed by atoms with E-state index in [2.05, 4.69) is 15.5 Å². The fourth-order valence-corrected chi connectivity index (χ4v) is 4.86. The highest BCUT2D eigenvalue weighted by molar-refractivity contribution is 6.35. The maximum atomic E-state index is 13.4. The van der Waals surface area contributed by atoms with Gasteiger partial charge in [-0.2, -0.15) is 0 Å². The van der Waals surface area contributed by atoms with E-state index in [1.54, 1.807) is 25.9 Å². The van der Waals surface area contributed by atoms with Crippen LogP contribution in [0.25, 0.3) is 5.69 Å². The molecule has 3 aromatic rings. The average Bonchev–Trinajstić information content (AvgIpc) is 3.25. The Morgan fingerprint density at radius 1 is 1.13 bits per heavy atom. The van der Waals surface area contributed by atoms with Crippen LogP contribution in [0.5, 0.6) is 6.01 Å². The van der Waals surface area contributed by atoms with E-state index >= 15 is 0 Å². The van der Waals surface area contributed by atoms with Gasteiger partial charge in [0, 0.05) is 29.2 Å². The Morgan fingerprint density at radius 2 is 1.84 bits per heavy atom. The molecule has 0 fully saturated rings. The lowest BCUT2D eigenvalue weighted by Crippen LogP contribution is -2.56. The SMILES string of the molecule is CCN(CC)C(=O)C(C)(C)NC(=O)C(C)c1ccc2c(c1)C(c1ccccc1Cl)=NCc1nnc(OC)n1-2. The van der Waals surface area contributed by atoms with E-state index in [9.17, 15) is 9.59 Å². The van der Waals surface area contributed by atoms with Crippen LogP contribution in [0, 0.1) is 0 Å². The lowest BCUT2D eigenvalue weighted by molar-refractivity contribution is -0.140. The standard InChI is InChI=1S/C28H33ClN6O3/c1-7-34(8-2)26(37)28(4,5)31-25(36)17(3)18-13-14-22-20(15-18)24(19-11-9-10-12-21(19)29)30-16-23-32-33-27(38-6)35(22)23/h9-15,17H,7-8,16H2,1-6H3,(H,31,36). The Bertz CT molecular complexity index is 1390. The van der Waals surface area contributed by atoms with Gasteiger partial charge in [-0.25, -0.2) is 4.57 Å². The van der Waals surface area contributed by atoms with Crippen molar-refractivity contribution in [2.75, 3.05) is 20.2 Å². The number of ether oxygens (including phenoxy) is 1. The van der Waals surface area contributed by atoms with Gasteiger partial charge in [-0.3, -0.25) is 14.6 Å². The molecule has 0 aliphatic carbocycles. The number of hydrogen-bond donors (Lipinski definition) is 1. The Morgan fingerprint density at radius 3 is 2.50 bits per heavy atom. The minimum atomic E-state index is -1.04. The molecule has 9 nitrogen and oxygen atoms in total. The van der Waals surface area contributed by atoms with Crippen LogP contribution in [0.2, 0.25) is 5.02 Å². The number of nitrogens with zero attached hydrogens (tertiary/aromatic N) is 5. The van der Waals surface area contributed by atoms with E-state index in [0.717, 1.165) is 22.4 Å². The first-order valence-corrected chi connectivity index (χ1v) is 13.0. The molecule has 1 aromatic heterocycles. The van der Waals surface area contributed by atoms with Gasteiger partial charge >= 0.3 is 6.01 Å². The highest BCUT2D eigenvalue weighted by Gasteiger charge is 2.34. The number of amides is 2. The minimum absolute atomic E-state index is 0.120. The van der Waals surface area contributed by atoms with Gasteiger partial charge in [0.25, 0.3) is 0 Å². The van der Waals surface area contributed by atoms with Gasteiger partial charge in [0.2, 0.25) is 11.8 Å². The van der Waals surface area contributed by atoms with E-state index in [-0.39, 0.29) is 18.4 Å². The molecule has 1 aliphatic rings. The first-order valence-electron chi connectivity index (χ1n) is 12.7. The zero-order valence-electron chi connectivity index (χ0n) is 22.6. The van der Waals surface area contributed by atoms with Crippen molar-refractivity contribution >= 4 is 29.1 Å². The van der Waals surface area contributed by atoms with E-state index in [4.69, 9.17) is 21.3 Å². The number of aromatic nitrogens is 3. The lowest BCUT2D eigenvalue weighted by Gasteiger charge is -2.32. The number of aliphatic imine (C=N–C) groups is 1. The van der Waals surface area contributed by atoms with Crippen molar-refractivity contribution in [3.8, 4) is 11.7 Å². The Labute approximate surface area is 227 Å². The van der Waals surface area contributed by atoms with Crippen molar-refractivity contribution in [3.63, 3.8) is 0 Å². The summed E-state index contributed by atoms with van der Waals surface area (Å²) < 4.78 is 7.30. The third kappa shape index (κ3) is 5.03. The molecule has 1 aliphatic heterocycles. The zero-order valence-corrected chi connectivity index (χ0v) is 23.3. The molecule has 0 saturated heterocycles. The molecule has 0 saturated carbocycles. The summed E-state index contributed by atoms with van der Waals surface area (Å²) in [4.78, 5) is 32.9. The second kappa shape index (κ2) is 10.9. The summed E-state index contributed by atoms with van der Waals surface area (Å²) in [6.07, 6.45) is 0. The molecule has 1 N–H and O–H groups in total. The van der Waals surface area contributed by atoms with Crippen LogP contribution in [0.3, 0.4) is 0 Å². The predicted molar refractivity (Wildman–Crippen MR) is 147 cm³/mol. The summed E-state index contributed by atoms with van der Waals surface area (Å²) in [5, 5.41) is 11.9. The van der Waals surface area contributed by atoms with Crippen LogP contribution in [-0.4, -0.2) is 62.9 Å². The van der Waals surface area contributed by atoms with E-state index in [0.29, 0.717) is 35.7 Å². The summed E-state index contributed by atoms with van der Waals surface area (Å²) in [7, 11) is 1.54. The fraction of sp³-hybridized carbons (Fsp3) is 0.393. The molecule has 0 radical (unpaired) electrons. The highest BCUT2D eigenvalue weighted by Crippen LogP contribution is 2.32. The number of likely N-dealkylation sites (N-methyl/N-ethyl adjacent to an activating group) is 1. The summed E-state index contributed by atoms with van der Waals surface area (Å²) >= 11 is 6.59. The molecule has 1 atom stereocenters. The van der Waals surface area contributed by atoms with Crippen LogP contribution < -0.4 is 10.1 Å². The number of hydrogen-bond acceptors (Lipinski definition) is 6. The largest absolute Gasteiger partial charge is 0.467 e. The number of carbonyl (C=O) groups excluding carboxylic acids is 2. The van der Waals surface area contributed by atoms with Crippen molar-refractivity contribution in [3.05, 3.63) is 70.0 Å². The number of methoxy groups -OCH3 is 1. The topological polar surface area (TPSA) is 102 Å². The van der Waals surface area contributed by atoms with Crippen LogP contribution in [0.15, 0.2) is 47.5 Å². The maximum Gasteiger partial charge on any atom is 0.321 e. The molecule has 200 valence electrons. The fourth-order valence-electron chi connectivity index (χ4n) is 4.63. The van der Waals surface area contributed by atoms with Gasteiger partial charge in [-0.15, -0.1) is 5.10 Å². The molecule has 2 amide bonds. The number of halogens is 1. The first-order chi connectivity index (χ1) is 18.1. The smallest absolute Gasteiger partial charge is 0.321 e. The van der Waals surface area contributed by atoms with Crippen molar-refractivity contribution in [2.24, 2.45) is 4.99 Å². The van der Waals surface area contributed by atoms with Gasteiger partial charge in [0.1, 0.15) is 12.1 Å². The van der Waals surface area contributed by atoms with Crippen LogP contribution >= 0.6 is 11.6 Å². The molecule has 10 heteroatoms.